The van der Waals surface area contributed by atoms with Crippen LogP contribution in [0, 0.1) is 0 Å². The van der Waals surface area contributed by atoms with Crippen molar-refractivity contribution < 1.29 is 29.0 Å². The minimum absolute atomic E-state index is 0.182. The summed E-state index contributed by atoms with van der Waals surface area (Å²) < 4.78 is 12.5. The minimum Gasteiger partial charge on any atom is -0.496 e. The number of nitrogens with zero attached hydrogens (tertiary/aromatic N) is 2. The summed E-state index contributed by atoms with van der Waals surface area (Å²) in [6, 6.07) is 9.09. The number of imide groups is 1. The van der Waals surface area contributed by atoms with E-state index < -0.39 is 6.03 Å². The zero-order chi connectivity index (χ0) is 26.9. The molecule has 0 aliphatic carbocycles. The number of fused-ring (bicyclic) bond motifs is 1. The van der Waals surface area contributed by atoms with E-state index in [4.69, 9.17) is 14.3 Å². The molecule has 2 aromatic carbocycles. The van der Waals surface area contributed by atoms with Crippen molar-refractivity contribution in [3.05, 3.63) is 53.1 Å². The monoisotopic (exact) mass is 509 g/mol. The number of aliphatic hydroxyl groups is 1. The molecule has 198 valence electrons. The van der Waals surface area contributed by atoms with Crippen LogP contribution in [-0.2, 0) is 15.0 Å². The smallest absolute Gasteiger partial charge is 0.328 e. The number of hydrogen-bond donors (Lipinski definition) is 2. The molecule has 2 heterocycles. The number of carbonyl (C=O) groups excluding carboxylic acids is 2. The van der Waals surface area contributed by atoms with Gasteiger partial charge in [0.05, 0.1) is 25.5 Å². The van der Waals surface area contributed by atoms with Gasteiger partial charge in [0.2, 0.25) is 5.91 Å². The number of benzene rings is 2. The first-order chi connectivity index (χ1) is 17.6. The van der Waals surface area contributed by atoms with E-state index in [-0.39, 0.29) is 36.9 Å². The molecule has 1 saturated heterocycles. The molecule has 1 fully saturated rings. The Balaban J connectivity index is 1.85. The lowest BCUT2D eigenvalue weighted by Gasteiger charge is -2.31. The van der Waals surface area contributed by atoms with Crippen LogP contribution in [0.2, 0.25) is 0 Å². The Bertz CT molecular complexity index is 1230. The highest BCUT2D eigenvalue weighted by atomic mass is 16.7. The lowest BCUT2D eigenvalue weighted by Crippen LogP contribution is -2.49. The van der Waals surface area contributed by atoms with Gasteiger partial charge in [-0.05, 0) is 47.6 Å². The maximum absolute atomic E-state index is 12.7. The highest BCUT2D eigenvalue weighted by molar-refractivity contribution is 6.05. The highest BCUT2D eigenvalue weighted by Gasteiger charge is 2.31. The number of allylic oxidation sites excluding steroid dienone is 1. The Kier molecular flexibility index (Phi) is 7.47. The number of nitrogens with one attached hydrogen (secondary N) is 1. The van der Waals surface area contributed by atoms with Crippen LogP contribution in [0.15, 0.2) is 36.4 Å². The van der Waals surface area contributed by atoms with Crippen molar-refractivity contribution in [1.29, 1.82) is 0 Å². The highest BCUT2D eigenvalue weighted by Crippen LogP contribution is 2.44. The van der Waals surface area contributed by atoms with E-state index in [0.717, 1.165) is 17.5 Å². The first-order valence-electron chi connectivity index (χ1n) is 12.4. The second kappa shape index (κ2) is 10.4. The fraction of sp³-hybridized carbons (Fsp3) is 0.429. The van der Waals surface area contributed by atoms with Gasteiger partial charge in [0.25, 0.3) is 0 Å². The number of carbonyl (C=O) groups is 2. The number of methoxy groups -OCH3 is 1. The van der Waals surface area contributed by atoms with Crippen molar-refractivity contribution in [1.82, 2.24) is 5.32 Å². The standard InChI is InChI=1S/C28H35N3O6/c1-17-7-10-23(37-24-15-18(8-9-20(17)24)31(16-32)36-6)21-13-19(30-12-11-25(33)29-27(30)34)14-22(26(21)35-5)28(2,3)4/h8-10,13-15,17,32H,7,11-12,16H2,1-6H3,(H,29,33,34). The molecule has 2 aliphatic rings. The van der Waals surface area contributed by atoms with Gasteiger partial charge >= 0.3 is 6.03 Å². The number of urea groups is 1. The molecule has 0 radical (unpaired) electrons. The summed E-state index contributed by atoms with van der Waals surface area (Å²) >= 11 is 0. The molecule has 3 amide bonds. The molecule has 1 unspecified atom stereocenters. The molecular weight excluding hydrogens is 474 g/mol. The topological polar surface area (TPSA) is 101 Å². The van der Waals surface area contributed by atoms with Gasteiger partial charge in [-0.15, -0.1) is 0 Å². The molecule has 2 N–H and O–H groups in total. The molecule has 0 bridgehead atoms. The van der Waals surface area contributed by atoms with Crippen molar-refractivity contribution >= 4 is 29.1 Å². The van der Waals surface area contributed by atoms with Gasteiger partial charge < -0.3 is 14.6 Å². The van der Waals surface area contributed by atoms with Crippen LogP contribution in [0.3, 0.4) is 0 Å². The molecule has 4 rings (SSSR count). The number of hydrogen-bond acceptors (Lipinski definition) is 7. The van der Waals surface area contributed by atoms with Crippen LogP contribution in [0.5, 0.6) is 11.5 Å². The van der Waals surface area contributed by atoms with E-state index in [1.807, 2.05) is 36.4 Å². The maximum Gasteiger partial charge on any atom is 0.328 e. The molecule has 1 atom stereocenters. The van der Waals surface area contributed by atoms with E-state index in [1.165, 1.54) is 12.2 Å². The zero-order valence-corrected chi connectivity index (χ0v) is 22.3. The predicted molar refractivity (Wildman–Crippen MR) is 142 cm³/mol. The summed E-state index contributed by atoms with van der Waals surface area (Å²) in [6.07, 6.45) is 3.00. The van der Waals surface area contributed by atoms with Crippen molar-refractivity contribution in [3.8, 4) is 11.5 Å². The van der Waals surface area contributed by atoms with Gasteiger partial charge in [0, 0.05) is 30.3 Å². The average molecular weight is 510 g/mol. The average Bonchev–Trinajstić information content (AvgIpc) is 3.02. The Morgan fingerprint density at radius 1 is 1.19 bits per heavy atom. The lowest BCUT2D eigenvalue weighted by atomic mass is 9.84. The van der Waals surface area contributed by atoms with Crippen molar-refractivity contribution in [3.63, 3.8) is 0 Å². The minimum atomic E-state index is -0.449. The van der Waals surface area contributed by atoms with E-state index >= 15 is 0 Å². The predicted octanol–water partition coefficient (Wildman–Crippen LogP) is 4.68. The van der Waals surface area contributed by atoms with Crippen LogP contribution in [0.25, 0.3) is 5.76 Å². The van der Waals surface area contributed by atoms with Gasteiger partial charge in [-0.1, -0.05) is 33.8 Å². The lowest BCUT2D eigenvalue weighted by molar-refractivity contribution is -0.120. The van der Waals surface area contributed by atoms with Crippen molar-refractivity contribution in [2.45, 2.75) is 51.9 Å². The number of aliphatic hydroxyl groups excluding tert-OH is 1. The van der Waals surface area contributed by atoms with Crippen molar-refractivity contribution in [2.24, 2.45) is 0 Å². The Hall–Kier alpha value is -3.56. The van der Waals surface area contributed by atoms with Gasteiger partial charge in [0.15, 0.2) is 0 Å². The van der Waals surface area contributed by atoms with Crippen LogP contribution < -0.4 is 24.8 Å². The van der Waals surface area contributed by atoms with Crippen LogP contribution in [0.4, 0.5) is 16.2 Å². The van der Waals surface area contributed by atoms with Gasteiger partial charge in [-0.3, -0.25) is 19.8 Å². The van der Waals surface area contributed by atoms with Gasteiger partial charge in [0.1, 0.15) is 24.0 Å². The number of hydroxylamine groups is 1. The molecule has 37 heavy (non-hydrogen) atoms. The normalized spacial score (nSPS) is 17.9. The van der Waals surface area contributed by atoms with Crippen LogP contribution in [-0.4, -0.2) is 44.5 Å². The number of anilines is 2. The first kappa shape index (κ1) is 26.5. The molecular formula is C28H35N3O6. The molecule has 0 saturated carbocycles. The van der Waals surface area contributed by atoms with E-state index in [9.17, 15) is 14.7 Å². The van der Waals surface area contributed by atoms with Gasteiger partial charge in [-0.25, -0.2) is 9.86 Å². The molecule has 9 heteroatoms. The third-order valence-electron chi connectivity index (χ3n) is 6.76. The molecule has 0 spiro atoms. The molecule has 9 nitrogen and oxygen atoms in total. The largest absolute Gasteiger partial charge is 0.496 e. The second-order valence-electron chi connectivity index (χ2n) is 10.3. The summed E-state index contributed by atoms with van der Waals surface area (Å²) in [4.78, 5) is 31.3. The SMILES string of the molecule is COc1c(C2=CCC(C)c3ccc(N(CO)OC)cc3O2)cc(N2CCC(=O)NC2=O)cc1C(C)(C)C. The third-order valence-corrected chi connectivity index (χ3v) is 6.76. The number of ether oxygens (including phenoxy) is 2. The summed E-state index contributed by atoms with van der Waals surface area (Å²) in [5.74, 6) is 1.82. The Morgan fingerprint density at radius 3 is 2.57 bits per heavy atom. The van der Waals surface area contributed by atoms with E-state index in [2.05, 4.69) is 33.0 Å². The van der Waals surface area contributed by atoms with E-state index in [1.54, 1.807) is 12.0 Å². The van der Waals surface area contributed by atoms with E-state index in [0.29, 0.717) is 34.2 Å². The molecule has 2 aromatic rings. The summed E-state index contributed by atoms with van der Waals surface area (Å²) in [6.45, 7) is 8.36. The van der Waals surface area contributed by atoms with Crippen LogP contribution >= 0.6 is 0 Å². The van der Waals surface area contributed by atoms with Crippen LogP contribution in [0.1, 0.15) is 63.1 Å². The zero-order valence-electron chi connectivity index (χ0n) is 22.3. The molecule has 0 aromatic heterocycles. The molecule has 2 aliphatic heterocycles. The maximum atomic E-state index is 12.7. The first-order valence-corrected chi connectivity index (χ1v) is 12.4. The fourth-order valence-electron chi connectivity index (χ4n) is 4.69. The Labute approximate surface area is 217 Å². The van der Waals surface area contributed by atoms with Gasteiger partial charge in [-0.2, -0.15) is 0 Å². The second-order valence-corrected chi connectivity index (χ2v) is 10.3. The summed E-state index contributed by atoms with van der Waals surface area (Å²) in [7, 11) is 3.12. The Morgan fingerprint density at radius 2 is 1.95 bits per heavy atom. The fourth-order valence-corrected chi connectivity index (χ4v) is 4.69. The third kappa shape index (κ3) is 5.28. The quantitative estimate of drug-likeness (QED) is 0.431. The summed E-state index contributed by atoms with van der Waals surface area (Å²) in [5, 5.41) is 13.4. The number of amides is 3. The number of rotatable bonds is 6. The van der Waals surface area contributed by atoms with Crippen molar-refractivity contribution in [2.75, 3.05) is 37.5 Å². The summed E-state index contributed by atoms with van der Waals surface area (Å²) in [5.41, 5.74) is 3.67.